The summed E-state index contributed by atoms with van der Waals surface area (Å²) in [5.41, 5.74) is 4.91. The number of hydrogen-bond donors (Lipinski definition) is 1. The van der Waals surface area contributed by atoms with Gasteiger partial charge in [0.05, 0.1) is 0 Å². The number of nitrogens with one attached hydrogen (secondary N) is 1. The lowest BCUT2D eigenvalue weighted by Crippen LogP contribution is -2.31. The predicted molar refractivity (Wildman–Crippen MR) is 78.8 cm³/mol. The van der Waals surface area contributed by atoms with Gasteiger partial charge in [-0.3, -0.25) is 0 Å². The van der Waals surface area contributed by atoms with E-state index in [1.165, 1.54) is 55.3 Å². The Morgan fingerprint density at radius 1 is 1.11 bits per heavy atom. The van der Waals surface area contributed by atoms with E-state index < -0.39 is 0 Å². The molecule has 1 nitrogen and oxygen atoms in total. The van der Waals surface area contributed by atoms with Crippen LogP contribution < -0.4 is 5.32 Å². The second-order valence-electron chi connectivity index (χ2n) is 6.03. The zero-order chi connectivity index (χ0) is 13.0. The van der Waals surface area contributed by atoms with Crippen molar-refractivity contribution in [2.45, 2.75) is 59.4 Å². The molecule has 0 radical (unpaired) electrons. The van der Waals surface area contributed by atoms with Crippen LogP contribution in [-0.2, 0) is 6.54 Å². The monoisotopic (exact) mass is 245 g/mol. The van der Waals surface area contributed by atoms with E-state index in [-0.39, 0.29) is 0 Å². The molecule has 18 heavy (non-hydrogen) atoms. The van der Waals surface area contributed by atoms with E-state index in [4.69, 9.17) is 0 Å². The summed E-state index contributed by atoms with van der Waals surface area (Å²) in [5, 5.41) is 3.72. The van der Waals surface area contributed by atoms with E-state index in [9.17, 15) is 0 Å². The molecular weight excluding hydrogens is 218 g/mol. The smallest absolute Gasteiger partial charge is 0.0210 e. The molecule has 1 aromatic carbocycles. The van der Waals surface area contributed by atoms with E-state index in [1.807, 2.05) is 0 Å². The lowest BCUT2D eigenvalue weighted by atomic mass is 9.83. The molecule has 0 aliphatic heterocycles. The fraction of sp³-hybridized carbons (Fsp3) is 0.647. The summed E-state index contributed by atoms with van der Waals surface area (Å²) < 4.78 is 0. The van der Waals surface area contributed by atoms with Crippen LogP contribution in [0.5, 0.6) is 0 Å². The molecule has 0 unspecified atom stereocenters. The molecule has 0 amide bonds. The maximum Gasteiger partial charge on any atom is 0.0210 e. The first kappa shape index (κ1) is 13.6. The topological polar surface area (TPSA) is 12.0 Å². The third kappa shape index (κ3) is 2.95. The van der Waals surface area contributed by atoms with Crippen molar-refractivity contribution in [2.75, 3.05) is 6.54 Å². The normalized spacial score (nSPS) is 18.2. The van der Waals surface area contributed by atoms with Crippen molar-refractivity contribution in [1.82, 2.24) is 5.32 Å². The molecule has 2 rings (SSSR count). The van der Waals surface area contributed by atoms with Gasteiger partial charge in [-0.15, -0.1) is 0 Å². The van der Waals surface area contributed by atoms with Gasteiger partial charge in [0.1, 0.15) is 0 Å². The molecule has 0 atom stereocenters. The van der Waals surface area contributed by atoms with E-state index in [2.05, 4.69) is 44.3 Å². The Morgan fingerprint density at radius 3 is 2.28 bits per heavy atom. The molecule has 0 heterocycles. The molecule has 1 fully saturated rings. The molecule has 1 aliphatic carbocycles. The molecule has 1 aromatic rings. The Kier molecular flexibility index (Phi) is 4.45. The summed E-state index contributed by atoms with van der Waals surface area (Å²) in [4.78, 5) is 0. The minimum atomic E-state index is 0.594. The minimum Gasteiger partial charge on any atom is -0.312 e. The first-order chi connectivity index (χ1) is 8.67. The summed E-state index contributed by atoms with van der Waals surface area (Å²) >= 11 is 0. The second-order valence-corrected chi connectivity index (χ2v) is 6.03. The van der Waals surface area contributed by atoms with Gasteiger partial charge in [-0.05, 0) is 55.2 Å². The standard InChI is InChI=1S/C17H27N/c1-4-17(10-5-6-11-17)13-18-12-16-14(2)8-7-9-15(16)3/h7-9,18H,4-6,10-13H2,1-3H3. The summed E-state index contributed by atoms with van der Waals surface area (Å²) in [6.45, 7) is 9.01. The van der Waals surface area contributed by atoms with Crippen molar-refractivity contribution in [3.63, 3.8) is 0 Å². The van der Waals surface area contributed by atoms with Gasteiger partial charge in [-0.2, -0.15) is 0 Å². The molecule has 1 heteroatoms. The third-order valence-corrected chi connectivity index (χ3v) is 4.86. The molecule has 0 spiro atoms. The van der Waals surface area contributed by atoms with Gasteiger partial charge in [-0.25, -0.2) is 0 Å². The molecule has 100 valence electrons. The van der Waals surface area contributed by atoms with E-state index in [0.29, 0.717) is 5.41 Å². The molecule has 1 aliphatic rings. The highest BCUT2D eigenvalue weighted by Crippen LogP contribution is 2.40. The van der Waals surface area contributed by atoms with E-state index in [1.54, 1.807) is 0 Å². The summed E-state index contributed by atoms with van der Waals surface area (Å²) in [6.07, 6.45) is 7.02. The van der Waals surface area contributed by atoms with Crippen LogP contribution in [0, 0.1) is 19.3 Å². The van der Waals surface area contributed by atoms with Crippen LogP contribution in [-0.4, -0.2) is 6.54 Å². The van der Waals surface area contributed by atoms with Crippen LogP contribution in [0.25, 0.3) is 0 Å². The van der Waals surface area contributed by atoms with Crippen molar-refractivity contribution in [3.05, 3.63) is 34.9 Å². The van der Waals surface area contributed by atoms with Gasteiger partial charge in [0.25, 0.3) is 0 Å². The van der Waals surface area contributed by atoms with Crippen molar-refractivity contribution in [3.8, 4) is 0 Å². The van der Waals surface area contributed by atoms with Crippen LogP contribution in [0.2, 0.25) is 0 Å². The van der Waals surface area contributed by atoms with Crippen LogP contribution in [0.4, 0.5) is 0 Å². The SMILES string of the molecule is CCC1(CNCc2c(C)cccc2C)CCCC1. The fourth-order valence-corrected chi connectivity index (χ4v) is 3.36. The maximum absolute atomic E-state index is 3.72. The maximum atomic E-state index is 3.72. The van der Waals surface area contributed by atoms with Crippen molar-refractivity contribution < 1.29 is 0 Å². The largest absolute Gasteiger partial charge is 0.312 e. The predicted octanol–water partition coefficient (Wildman–Crippen LogP) is 4.36. The van der Waals surface area contributed by atoms with Crippen LogP contribution in [0.3, 0.4) is 0 Å². The number of benzene rings is 1. The Balaban J connectivity index is 1.92. The number of hydrogen-bond acceptors (Lipinski definition) is 1. The van der Waals surface area contributed by atoms with Crippen molar-refractivity contribution in [1.29, 1.82) is 0 Å². The van der Waals surface area contributed by atoms with Crippen molar-refractivity contribution in [2.24, 2.45) is 5.41 Å². The molecule has 1 N–H and O–H groups in total. The molecule has 0 aromatic heterocycles. The zero-order valence-electron chi connectivity index (χ0n) is 12.2. The average molecular weight is 245 g/mol. The Morgan fingerprint density at radius 2 is 1.72 bits per heavy atom. The van der Waals surface area contributed by atoms with Gasteiger partial charge in [0.15, 0.2) is 0 Å². The Bertz CT molecular complexity index is 368. The highest BCUT2D eigenvalue weighted by molar-refractivity contribution is 5.33. The summed E-state index contributed by atoms with van der Waals surface area (Å²) in [7, 11) is 0. The van der Waals surface area contributed by atoms with E-state index >= 15 is 0 Å². The zero-order valence-corrected chi connectivity index (χ0v) is 12.2. The molecule has 0 bridgehead atoms. The highest BCUT2D eigenvalue weighted by atomic mass is 14.9. The second kappa shape index (κ2) is 5.88. The first-order valence-corrected chi connectivity index (χ1v) is 7.43. The van der Waals surface area contributed by atoms with Gasteiger partial charge in [0, 0.05) is 13.1 Å². The van der Waals surface area contributed by atoms with Gasteiger partial charge in [0.2, 0.25) is 0 Å². The van der Waals surface area contributed by atoms with Crippen molar-refractivity contribution >= 4 is 0 Å². The molecule has 0 saturated heterocycles. The van der Waals surface area contributed by atoms with Gasteiger partial charge < -0.3 is 5.32 Å². The summed E-state index contributed by atoms with van der Waals surface area (Å²) in [6, 6.07) is 6.59. The Labute approximate surface area is 112 Å². The van der Waals surface area contributed by atoms with Crippen LogP contribution in [0.1, 0.15) is 55.7 Å². The first-order valence-electron chi connectivity index (χ1n) is 7.43. The fourth-order valence-electron chi connectivity index (χ4n) is 3.36. The van der Waals surface area contributed by atoms with Crippen LogP contribution >= 0.6 is 0 Å². The van der Waals surface area contributed by atoms with Gasteiger partial charge in [-0.1, -0.05) is 38.0 Å². The van der Waals surface area contributed by atoms with Crippen LogP contribution in [0.15, 0.2) is 18.2 Å². The quantitative estimate of drug-likeness (QED) is 0.812. The number of aryl methyl sites for hydroxylation is 2. The Hall–Kier alpha value is -0.820. The summed E-state index contributed by atoms with van der Waals surface area (Å²) in [5.74, 6) is 0. The lowest BCUT2D eigenvalue weighted by Gasteiger charge is -2.28. The van der Waals surface area contributed by atoms with E-state index in [0.717, 1.165) is 6.54 Å². The van der Waals surface area contributed by atoms with Gasteiger partial charge >= 0.3 is 0 Å². The highest BCUT2D eigenvalue weighted by Gasteiger charge is 2.31. The molecular formula is C17H27N. The molecule has 1 saturated carbocycles. The average Bonchev–Trinajstić information content (AvgIpc) is 2.82. The number of rotatable bonds is 5. The lowest BCUT2D eigenvalue weighted by molar-refractivity contribution is 0.268. The third-order valence-electron chi connectivity index (χ3n) is 4.86. The minimum absolute atomic E-state index is 0.594.